The molecule has 2 aromatic rings. The molecule has 0 N–H and O–H groups in total. The molecule has 0 saturated heterocycles. The fourth-order valence-corrected chi connectivity index (χ4v) is 9.50. The van der Waals surface area contributed by atoms with Gasteiger partial charge in [0.05, 0.1) is 0 Å². The summed E-state index contributed by atoms with van der Waals surface area (Å²) < 4.78 is 2.09. The Morgan fingerprint density at radius 2 is 1.45 bits per heavy atom. The van der Waals surface area contributed by atoms with E-state index in [0.717, 1.165) is 6.42 Å². The van der Waals surface area contributed by atoms with Gasteiger partial charge in [-0.1, -0.05) is 0 Å². The van der Waals surface area contributed by atoms with Crippen LogP contribution < -0.4 is 28.1 Å². The summed E-state index contributed by atoms with van der Waals surface area (Å²) in [4.78, 5) is 0. The average molecular weight is 533 g/mol. The molecular formula is C28H34Cl2Zr. The van der Waals surface area contributed by atoms with Crippen LogP contribution in [0.4, 0.5) is 0 Å². The van der Waals surface area contributed by atoms with Gasteiger partial charge in [-0.15, -0.1) is 0 Å². The van der Waals surface area contributed by atoms with E-state index in [1.807, 2.05) is 0 Å². The third-order valence-electron chi connectivity index (χ3n) is 6.59. The average Bonchev–Trinajstić information content (AvgIpc) is 3.25. The topological polar surface area (TPSA) is 0 Å². The maximum atomic E-state index is 2.49. The van der Waals surface area contributed by atoms with E-state index in [2.05, 4.69) is 103 Å². The molecule has 4 rings (SSSR count). The molecule has 0 atom stereocenters. The van der Waals surface area contributed by atoms with Gasteiger partial charge in [0, 0.05) is 0 Å². The first kappa shape index (κ1) is 26.6. The summed E-state index contributed by atoms with van der Waals surface area (Å²) in [6, 6.07) is 12.1. The van der Waals surface area contributed by atoms with Crippen LogP contribution in [-0.4, -0.2) is 0 Å². The normalized spacial score (nSPS) is 15.6. The van der Waals surface area contributed by atoms with E-state index in [-0.39, 0.29) is 35.6 Å². The standard InChI is InChI=1S/C21H25.C7H9.2ClH.Zr/c1-20(2,3)16-7-9-18-14(12-16)11-15-13-17(21(4,5)6)8-10-19(15)18;1-2-7-5-3-4-6-7;;;/h7-10,12H,11H2,1-6H3;3-6H,2H2,1H3;2*1H;/q;;;;+2/p-2. The van der Waals surface area contributed by atoms with Gasteiger partial charge in [-0.05, 0) is 0 Å². The number of hydrogen-bond donors (Lipinski definition) is 0. The third-order valence-corrected chi connectivity index (χ3v) is 11.4. The zero-order valence-corrected chi connectivity index (χ0v) is 23.8. The molecule has 0 aliphatic heterocycles. The van der Waals surface area contributed by atoms with E-state index < -0.39 is 23.2 Å². The molecule has 0 nitrogen and oxygen atoms in total. The minimum absolute atomic E-state index is 0. The van der Waals surface area contributed by atoms with Gasteiger partial charge in [-0.3, -0.25) is 0 Å². The SMILES string of the molecule is CC[C]1([Zr+2][c]2c(C(C)(C)C)ccc3c2Cc2cc(C(C)(C)C)ccc2-3)C=CC=C1.[Cl-].[Cl-]. The van der Waals surface area contributed by atoms with Crippen LogP contribution in [0, 0.1) is 0 Å². The van der Waals surface area contributed by atoms with Gasteiger partial charge >= 0.3 is 190 Å². The van der Waals surface area contributed by atoms with Crippen molar-refractivity contribution in [1.82, 2.24) is 0 Å². The van der Waals surface area contributed by atoms with Crippen molar-refractivity contribution in [3.05, 3.63) is 76.9 Å². The Hall–Kier alpha value is -0.617. The summed E-state index contributed by atoms with van der Waals surface area (Å²) >= 11 is -0.856. The Morgan fingerprint density at radius 1 is 0.839 bits per heavy atom. The Kier molecular flexibility index (Phi) is 8.01. The van der Waals surface area contributed by atoms with Crippen molar-refractivity contribution in [2.24, 2.45) is 0 Å². The van der Waals surface area contributed by atoms with Gasteiger partial charge in [0.15, 0.2) is 0 Å². The second-order valence-electron chi connectivity index (χ2n) is 10.8. The molecular weight excluding hydrogens is 498 g/mol. The van der Waals surface area contributed by atoms with E-state index in [0.29, 0.717) is 3.12 Å². The first-order valence-corrected chi connectivity index (χ1v) is 13.5. The van der Waals surface area contributed by atoms with Gasteiger partial charge in [0.25, 0.3) is 0 Å². The predicted molar refractivity (Wildman–Crippen MR) is 123 cm³/mol. The second-order valence-corrected chi connectivity index (χ2v) is 14.9. The van der Waals surface area contributed by atoms with Crippen LogP contribution in [-0.2, 0) is 40.5 Å². The smallest absolute Gasteiger partial charge is 1.00 e. The fourth-order valence-electron chi connectivity index (χ4n) is 4.66. The summed E-state index contributed by atoms with van der Waals surface area (Å²) in [7, 11) is 0. The fraction of sp³-hybridized carbons (Fsp3) is 0.429. The van der Waals surface area contributed by atoms with E-state index in [1.165, 1.54) is 28.7 Å². The molecule has 0 saturated carbocycles. The number of benzene rings is 2. The van der Waals surface area contributed by atoms with Gasteiger partial charge < -0.3 is 24.8 Å². The summed E-state index contributed by atoms with van der Waals surface area (Å²) in [5.74, 6) is 0. The Bertz CT molecular complexity index is 1000. The zero-order valence-electron chi connectivity index (χ0n) is 19.9. The molecule has 0 spiro atoms. The van der Waals surface area contributed by atoms with Crippen LogP contribution in [0.2, 0.25) is 3.12 Å². The molecule has 2 aliphatic rings. The maximum absolute atomic E-state index is 2.49. The number of allylic oxidation sites excluding steroid dienone is 4. The van der Waals surface area contributed by atoms with Crippen LogP contribution in [0.5, 0.6) is 0 Å². The summed E-state index contributed by atoms with van der Waals surface area (Å²) in [5, 5.41) is 0. The molecule has 2 aromatic carbocycles. The van der Waals surface area contributed by atoms with Gasteiger partial charge in [0.1, 0.15) is 0 Å². The quantitative estimate of drug-likeness (QED) is 0.477. The Morgan fingerprint density at radius 3 is 2.00 bits per heavy atom. The molecule has 0 heterocycles. The number of fused-ring (bicyclic) bond motifs is 3. The zero-order chi connectivity index (χ0) is 21.0. The van der Waals surface area contributed by atoms with Crippen molar-refractivity contribution in [2.75, 3.05) is 0 Å². The summed E-state index contributed by atoms with van der Waals surface area (Å²) in [6.45, 7) is 16.5. The van der Waals surface area contributed by atoms with Crippen LogP contribution in [0.3, 0.4) is 0 Å². The molecule has 0 aromatic heterocycles. The Labute approximate surface area is 213 Å². The maximum Gasteiger partial charge on any atom is -1.00 e. The summed E-state index contributed by atoms with van der Waals surface area (Å²) in [5.41, 5.74) is 9.58. The molecule has 0 unspecified atom stereocenters. The molecule has 0 amide bonds. The van der Waals surface area contributed by atoms with Crippen molar-refractivity contribution in [2.45, 2.75) is 75.3 Å². The first-order valence-electron chi connectivity index (χ1n) is 11.0. The molecule has 0 radical (unpaired) electrons. The minimum Gasteiger partial charge on any atom is -1.00 e. The van der Waals surface area contributed by atoms with E-state index in [1.54, 1.807) is 14.4 Å². The van der Waals surface area contributed by atoms with Gasteiger partial charge in [-0.2, -0.15) is 0 Å². The van der Waals surface area contributed by atoms with Crippen molar-refractivity contribution in [1.29, 1.82) is 0 Å². The molecule has 31 heavy (non-hydrogen) atoms. The van der Waals surface area contributed by atoms with E-state index in [4.69, 9.17) is 0 Å². The first-order chi connectivity index (χ1) is 13.5. The number of rotatable bonds is 3. The van der Waals surface area contributed by atoms with Crippen LogP contribution in [0.15, 0.2) is 54.6 Å². The predicted octanol–water partition coefficient (Wildman–Crippen LogP) is 1.26. The van der Waals surface area contributed by atoms with Gasteiger partial charge in [0.2, 0.25) is 0 Å². The van der Waals surface area contributed by atoms with Crippen LogP contribution in [0.25, 0.3) is 11.1 Å². The largest absolute Gasteiger partial charge is 1.00 e. The van der Waals surface area contributed by atoms with Crippen molar-refractivity contribution < 1.29 is 48.0 Å². The molecule has 0 bridgehead atoms. The molecule has 164 valence electrons. The van der Waals surface area contributed by atoms with Crippen molar-refractivity contribution >= 4 is 3.27 Å². The third kappa shape index (κ3) is 5.00. The minimum atomic E-state index is -0.856. The summed E-state index contributed by atoms with van der Waals surface area (Å²) in [6.07, 6.45) is 11.9. The molecule has 0 fully saturated rings. The Balaban J connectivity index is 0.00000171. The van der Waals surface area contributed by atoms with Crippen LogP contribution >= 0.6 is 0 Å². The number of halogens is 2. The van der Waals surface area contributed by atoms with Gasteiger partial charge in [-0.25, -0.2) is 0 Å². The van der Waals surface area contributed by atoms with E-state index in [9.17, 15) is 0 Å². The monoisotopic (exact) mass is 530 g/mol. The second kappa shape index (κ2) is 9.32. The van der Waals surface area contributed by atoms with Crippen molar-refractivity contribution in [3.8, 4) is 11.1 Å². The molecule has 2 aliphatic carbocycles. The van der Waals surface area contributed by atoms with E-state index >= 15 is 0 Å². The molecule has 3 heteroatoms. The van der Waals surface area contributed by atoms with Crippen molar-refractivity contribution in [3.63, 3.8) is 0 Å². The number of hydrogen-bond acceptors (Lipinski definition) is 0. The van der Waals surface area contributed by atoms with Crippen LogP contribution in [0.1, 0.15) is 77.1 Å².